The van der Waals surface area contributed by atoms with Crippen LogP contribution >= 0.6 is 11.6 Å². The van der Waals surface area contributed by atoms with Crippen LogP contribution in [0.25, 0.3) is 0 Å². The van der Waals surface area contributed by atoms with E-state index >= 15 is 0 Å². The van der Waals surface area contributed by atoms with Crippen molar-refractivity contribution in [1.29, 1.82) is 0 Å². The van der Waals surface area contributed by atoms with Gasteiger partial charge < -0.3 is 9.88 Å². The molecule has 0 spiro atoms. The predicted molar refractivity (Wildman–Crippen MR) is 150 cm³/mol. The number of unbranched alkanes of at least 4 members (excludes halogenated alkanes) is 2. The number of hydrogen-bond donors (Lipinski definition) is 1. The molecule has 1 aromatic heterocycles. The summed E-state index contributed by atoms with van der Waals surface area (Å²) >= 11 is 6.37. The standard InChI is InChI=1S/C28H37ClN4.C2H6/c1-3-4-8-23-10-11-24-19-25(29)12-13-27(24)28(22(23)2)33-17-15-32(16-18-33)14-7-5-6-9-26-20-30-21-31-26;1-2/h3-4,8,12-13,19-21,28H,1,5-7,9-11,14-18H2,2H3,(H,30,31);1-2H3/b8-4-;. The van der Waals surface area contributed by atoms with Gasteiger partial charge in [0, 0.05) is 43.1 Å². The van der Waals surface area contributed by atoms with Gasteiger partial charge in [-0.1, -0.05) is 62.7 Å². The maximum absolute atomic E-state index is 6.37. The Balaban J connectivity index is 0.00000167. The lowest BCUT2D eigenvalue weighted by atomic mass is 9.93. The van der Waals surface area contributed by atoms with Crippen molar-refractivity contribution in [3.05, 3.63) is 88.5 Å². The van der Waals surface area contributed by atoms with Crippen LogP contribution in [0.1, 0.15) is 69.3 Å². The fourth-order valence-corrected chi connectivity index (χ4v) is 5.49. The number of halogens is 1. The van der Waals surface area contributed by atoms with Crippen molar-refractivity contribution < 1.29 is 0 Å². The van der Waals surface area contributed by atoms with E-state index in [1.54, 1.807) is 6.33 Å². The summed E-state index contributed by atoms with van der Waals surface area (Å²) in [5.41, 5.74) is 6.99. The number of aromatic amines is 1. The van der Waals surface area contributed by atoms with E-state index in [2.05, 4.69) is 63.6 Å². The number of hydrogen-bond acceptors (Lipinski definition) is 3. The zero-order chi connectivity index (χ0) is 25.0. The number of nitrogens with one attached hydrogen (secondary N) is 1. The number of imidazole rings is 1. The third kappa shape index (κ3) is 7.67. The van der Waals surface area contributed by atoms with Crippen molar-refractivity contribution in [3.8, 4) is 0 Å². The summed E-state index contributed by atoms with van der Waals surface area (Å²) < 4.78 is 0. The molecule has 190 valence electrons. The number of fused-ring (bicyclic) bond motifs is 1. The van der Waals surface area contributed by atoms with Gasteiger partial charge in [-0.05, 0) is 80.0 Å². The van der Waals surface area contributed by atoms with E-state index in [-0.39, 0.29) is 0 Å². The molecule has 2 aliphatic rings. The van der Waals surface area contributed by atoms with Crippen molar-refractivity contribution in [1.82, 2.24) is 19.8 Å². The Labute approximate surface area is 217 Å². The molecule has 1 aliphatic carbocycles. The average molecular weight is 495 g/mol. The molecule has 0 amide bonds. The van der Waals surface area contributed by atoms with Crippen molar-refractivity contribution >= 4 is 11.6 Å². The highest BCUT2D eigenvalue weighted by Gasteiger charge is 2.30. The Bertz CT molecular complexity index is 968. The summed E-state index contributed by atoms with van der Waals surface area (Å²) in [6.45, 7) is 15.9. The smallest absolute Gasteiger partial charge is 0.0921 e. The minimum atomic E-state index is 0.334. The fraction of sp³-hybridized carbons (Fsp3) is 0.500. The Morgan fingerprint density at radius 1 is 1.11 bits per heavy atom. The van der Waals surface area contributed by atoms with E-state index in [1.165, 1.54) is 53.8 Å². The van der Waals surface area contributed by atoms with E-state index in [4.69, 9.17) is 11.6 Å². The highest BCUT2D eigenvalue weighted by atomic mass is 35.5. The first-order valence-corrected chi connectivity index (χ1v) is 13.7. The molecule has 1 N–H and O–H groups in total. The molecular weight excluding hydrogens is 452 g/mol. The maximum atomic E-state index is 6.37. The molecule has 4 rings (SSSR count). The van der Waals surface area contributed by atoms with Crippen molar-refractivity contribution in [2.24, 2.45) is 0 Å². The topological polar surface area (TPSA) is 35.2 Å². The molecule has 1 unspecified atom stereocenters. The van der Waals surface area contributed by atoms with Gasteiger partial charge in [-0.15, -0.1) is 0 Å². The molecule has 0 saturated carbocycles. The second-order valence-electron chi connectivity index (χ2n) is 9.31. The van der Waals surface area contributed by atoms with Gasteiger partial charge in [-0.25, -0.2) is 4.98 Å². The van der Waals surface area contributed by atoms with Gasteiger partial charge in [0.05, 0.1) is 12.4 Å². The average Bonchev–Trinajstić information content (AvgIpc) is 3.36. The molecule has 5 heteroatoms. The van der Waals surface area contributed by atoms with Crippen LogP contribution in [0.15, 0.2) is 66.7 Å². The van der Waals surface area contributed by atoms with E-state index in [0.717, 1.165) is 50.5 Å². The first kappa shape index (κ1) is 27.4. The van der Waals surface area contributed by atoms with E-state index in [9.17, 15) is 0 Å². The normalized spacial score (nSPS) is 19.3. The van der Waals surface area contributed by atoms with Gasteiger partial charge in [-0.3, -0.25) is 4.90 Å². The molecule has 0 radical (unpaired) electrons. The van der Waals surface area contributed by atoms with Crippen molar-refractivity contribution in [2.45, 2.75) is 65.3 Å². The second kappa shape index (κ2) is 14.4. The summed E-state index contributed by atoms with van der Waals surface area (Å²) in [7, 11) is 0. The number of piperazine rings is 1. The lowest BCUT2D eigenvalue weighted by Gasteiger charge is -2.40. The Morgan fingerprint density at radius 3 is 2.63 bits per heavy atom. The summed E-state index contributed by atoms with van der Waals surface area (Å²) in [5, 5.41) is 0.840. The van der Waals surface area contributed by atoms with Crippen LogP contribution in [-0.2, 0) is 12.8 Å². The number of H-pyrrole nitrogens is 1. The monoisotopic (exact) mass is 494 g/mol. The number of aromatic nitrogens is 2. The largest absolute Gasteiger partial charge is 0.348 e. The summed E-state index contributed by atoms with van der Waals surface area (Å²) in [4.78, 5) is 12.6. The summed E-state index contributed by atoms with van der Waals surface area (Å²) in [6, 6.07) is 6.83. The Morgan fingerprint density at radius 2 is 1.91 bits per heavy atom. The van der Waals surface area contributed by atoms with Crippen LogP contribution in [0, 0.1) is 0 Å². The first-order valence-electron chi connectivity index (χ1n) is 13.4. The highest BCUT2D eigenvalue weighted by Crippen LogP contribution is 2.39. The van der Waals surface area contributed by atoms with Crippen LogP contribution in [-0.4, -0.2) is 52.5 Å². The molecular formula is C30H43ClN4. The third-order valence-electron chi connectivity index (χ3n) is 7.16. The predicted octanol–water partition coefficient (Wildman–Crippen LogP) is 7.17. The van der Waals surface area contributed by atoms with Crippen LogP contribution in [0.4, 0.5) is 0 Å². The van der Waals surface area contributed by atoms with Gasteiger partial charge in [0.25, 0.3) is 0 Å². The molecule has 1 atom stereocenters. The van der Waals surface area contributed by atoms with E-state index < -0.39 is 0 Å². The van der Waals surface area contributed by atoms with E-state index in [1.807, 2.05) is 26.1 Å². The minimum absolute atomic E-state index is 0.334. The molecule has 35 heavy (non-hydrogen) atoms. The van der Waals surface area contributed by atoms with Gasteiger partial charge in [-0.2, -0.15) is 0 Å². The second-order valence-corrected chi connectivity index (χ2v) is 9.75. The molecule has 2 heterocycles. The Kier molecular flexibility index (Phi) is 11.3. The molecule has 4 nitrogen and oxygen atoms in total. The maximum Gasteiger partial charge on any atom is 0.0921 e. The molecule has 1 saturated heterocycles. The lowest BCUT2D eigenvalue weighted by molar-refractivity contribution is 0.106. The van der Waals surface area contributed by atoms with Gasteiger partial charge in [0.15, 0.2) is 0 Å². The van der Waals surface area contributed by atoms with Crippen molar-refractivity contribution in [2.75, 3.05) is 32.7 Å². The third-order valence-corrected chi connectivity index (χ3v) is 7.40. The molecule has 2 aromatic rings. The summed E-state index contributed by atoms with van der Waals surface area (Å²) in [6.07, 6.45) is 16.9. The zero-order valence-corrected chi connectivity index (χ0v) is 22.7. The zero-order valence-electron chi connectivity index (χ0n) is 21.9. The summed E-state index contributed by atoms with van der Waals surface area (Å²) in [5.74, 6) is 0. The SMILES string of the molecule is C=C/C=C\C1=C(C)C(N2CCN(CCCCCc3cnc[nH]3)CC2)c2ccc(Cl)cc2CC1.CC. The number of nitrogens with zero attached hydrogens (tertiary/aromatic N) is 3. The first-order chi connectivity index (χ1) is 17.2. The van der Waals surface area contributed by atoms with Gasteiger partial charge in [0.2, 0.25) is 0 Å². The molecule has 1 aliphatic heterocycles. The van der Waals surface area contributed by atoms with Gasteiger partial charge >= 0.3 is 0 Å². The van der Waals surface area contributed by atoms with Crippen LogP contribution in [0.5, 0.6) is 0 Å². The number of benzene rings is 1. The fourth-order valence-electron chi connectivity index (χ4n) is 5.30. The van der Waals surface area contributed by atoms with Gasteiger partial charge in [0.1, 0.15) is 0 Å². The van der Waals surface area contributed by atoms with Crippen LogP contribution < -0.4 is 0 Å². The minimum Gasteiger partial charge on any atom is -0.348 e. The van der Waals surface area contributed by atoms with Crippen molar-refractivity contribution in [3.63, 3.8) is 0 Å². The van der Waals surface area contributed by atoms with E-state index in [0.29, 0.717) is 6.04 Å². The van der Waals surface area contributed by atoms with Crippen LogP contribution in [0.3, 0.4) is 0 Å². The van der Waals surface area contributed by atoms with Crippen LogP contribution in [0.2, 0.25) is 5.02 Å². The number of aryl methyl sites for hydroxylation is 2. The lowest BCUT2D eigenvalue weighted by Crippen LogP contribution is -2.48. The quantitative estimate of drug-likeness (QED) is 0.296. The molecule has 1 fully saturated rings. The number of allylic oxidation sites excluding steroid dienone is 4. The molecule has 1 aromatic carbocycles. The highest BCUT2D eigenvalue weighted by molar-refractivity contribution is 6.30. The Hall–Kier alpha value is -2.14. The molecule has 0 bridgehead atoms. The number of rotatable bonds is 9.